The van der Waals surface area contributed by atoms with E-state index >= 15 is 0 Å². The summed E-state index contributed by atoms with van der Waals surface area (Å²) in [6.45, 7) is 2.39. The fourth-order valence-corrected chi connectivity index (χ4v) is 3.26. The molecule has 1 aromatic heterocycles. The first-order valence-corrected chi connectivity index (χ1v) is 6.53. The lowest BCUT2D eigenvalue weighted by Crippen LogP contribution is -2.47. The molecule has 2 unspecified atom stereocenters. The number of hydrogen-bond acceptors (Lipinski definition) is 4. The van der Waals surface area contributed by atoms with E-state index in [2.05, 4.69) is 28.5 Å². The van der Waals surface area contributed by atoms with E-state index in [0.29, 0.717) is 12.5 Å². The summed E-state index contributed by atoms with van der Waals surface area (Å²) in [6, 6.07) is 6.71. The molecule has 0 amide bonds. The molecule has 4 heteroatoms. The lowest BCUT2D eigenvalue weighted by atomic mass is 9.91. The Bertz CT molecular complexity index is 355. The van der Waals surface area contributed by atoms with Crippen LogP contribution in [0.25, 0.3) is 0 Å². The van der Waals surface area contributed by atoms with Gasteiger partial charge in [0.1, 0.15) is 0 Å². The van der Waals surface area contributed by atoms with Crippen LogP contribution in [0.5, 0.6) is 0 Å². The van der Waals surface area contributed by atoms with E-state index in [-0.39, 0.29) is 6.04 Å². The number of piperidine rings is 1. The first kappa shape index (κ1) is 11.6. The molecular formula is C12H17N3S. The van der Waals surface area contributed by atoms with Crippen LogP contribution in [0.15, 0.2) is 17.5 Å². The highest BCUT2D eigenvalue weighted by atomic mass is 32.1. The van der Waals surface area contributed by atoms with Crippen LogP contribution >= 0.6 is 11.3 Å². The highest BCUT2D eigenvalue weighted by molar-refractivity contribution is 7.09. The van der Waals surface area contributed by atoms with Crippen molar-refractivity contribution >= 4 is 11.3 Å². The van der Waals surface area contributed by atoms with E-state index < -0.39 is 0 Å². The van der Waals surface area contributed by atoms with Crippen molar-refractivity contribution < 1.29 is 0 Å². The maximum Gasteiger partial charge on any atom is 0.0866 e. The second-order valence-electron chi connectivity index (χ2n) is 4.50. The number of thiophene rings is 1. The fourth-order valence-electron chi connectivity index (χ4n) is 2.44. The molecule has 0 aromatic carbocycles. The van der Waals surface area contributed by atoms with Gasteiger partial charge in [-0.15, -0.1) is 11.3 Å². The molecule has 2 N–H and O–H groups in total. The van der Waals surface area contributed by atoms with E-state index in [1.807, 2.05) is 11.3 Å². The van der Waals surface area contributed by atoms with Crippen molar-refractivity contribution in [2.45, 2.75) is 18.9 Å². The molecule has 86 valence electrons. The van der Waals surface area contributed by atoms with Crippen LogP contribution in [0.1, 0.15) is 11.3 Å². The zero-order valence-electron chi connectivity index (χ0n) is 9.30. The molecule has 1 saturated heterocycles. The number of nitriles is 1. The quantitative estimate of drug-likeness (QED) is 0.807. The Morgan fingerprint density at radius 2 is 2.44 bits per heavy atom. The molecule has 0 aliphatic carbocycles. The molecule has 2 heterocycles. The highest BCUT2D eigenvalue weighted by Crippen LogP contribution is 2.22. The lowest BCUT2D eigenvalue weighted by Gasteiger charge is -2.34. The molecule has 1 aliphatic heterocycles. The van der Waals surface area contributed by atoms with E-state index in [4.69, 9.17) is 11.0 Å². The molecule has 1 aliphatic rings. The van der Waals surface area contributed by atoms with Gasteiger partial charge in [-0.05, 0) is 30.2 Å². The van der Waals surface area contributed by atoms with Crippen molar-refractivity contribution in [2.75, 3.05) is 19.6 Å². The second kappa shape index (κ2) is 5.44. The monoisotopic (exact) mass is 235 g/mol. The summed E-state index contributed by atoms with van der Waals surface area (Å²) in [5.74, 6) is 0.607. The number of nitrogens with two attached hydrogens (primary N) is 1. The van der Waals surface area contributed by atoms with Gasteiger partial charge in [-0.3, -0.25) is 4.90 Å². The molecular weight excluding hydrogens is 218 g/mol. The number of rotatable bonds is 3. The Balaban J connectivity index is 1.92. The molecule has 1 aromatic rings. The molecule has 16 heavy (non-hydrogen) atoms. The standard InChI is InChI=1S/C12H17N3S/c13-3-4-15-8-10(6-11(14)9-15)7-12-2-1-5-16-12/h1-2,5,10-11H,4,6-9,14H2. The average Bonchev–Trinajstić information content (AvgIpc) is 2.70. The SMILES string of the molecule is N#CCN1CC(N)CC(Cc2cccs2)C1. The largest absolute Gasteiger partial charge is 0.327 e. The van der Waals surface area contributed by atoms with Crippen LogP contribution < -0.4 is 5.73 Å². The van der Waals surface area contributed by atoms with E-state index in [0.717, 1.165) is 25.9 Å². The molecule has 1 fully saturated rings. The Kier molecular flexibility index (Phi) is 3.94. The van der Waals surface area contributed by atoms with Crippen molar-refractivity contribution in [3.8, 4) is 6.07 Å². The summed E-state index contributed by atoms with van der Waals surface area (Å²) in [5, 5.41) is 10.8. The third kappa shape index (κ3) is 3.05. The van der Waals surface area contributed by atoms with Gasteiger partial charge in [0.05, 0.1) is 12.6 Å². The summed E-state index contributed by atoms with van der Waals surface area (Å²) < 4.78 is 0. The van der Waals surface area contributed by atoms with Gasteiger partial charge in [-0.25, -0.2) is 0 Å². The Morgan fingerprint density at radius 3 is 3.12 bits per heavy atom. The third-order valence-corrected chi connectivity index (χ3v) is 3.91. The minimum Gasteiger partial charge on any atom is -0.327 e. The number of hydrogen-bond donors (Lipinski definition) is 1. The summed E-state index contributed by atoms with van der Waals surface area (Å²) in [4.78, 5) is 3.60. The topological polar surface area (TPSA) is 53.0 Å². The Morgan fingerprint density at radius 1 is 1.56 bits per heavy atom. The van der Waals surface area contributed by atoms with Crippen LogP contribution in [0.2, 0.25) is 0 Å². The molecule has 0 saturated carbocycles. The molecule has 3 nitrogen and oxygen atoms in total. The van der Waals surface area contributed by atoms with Crippen molar-refractivity contribution in [3.05, 3.63) is 22.4 Å². The van der Waals surface area contributed by atoms with Crippen LogP contribution in [-0.4, -0.2) is 30.6 Å². The summed E-state index contributed by atoms with van der Waals surface area (Å²) >= 11 is 1.81. The summed E-state index contributed by atoms with van der Waals surface area (Å²) in [6.07, 6.45) is 2.19. The van der Waals surface area contributed by atoms with Crippen LogP contribution in [0, 0.1) is 17.2 Å². The normalized spacial score (nSPS) is 26.5. The minimum absolute atomic E-state index is 0.229. The third-order valence-electron chi connectivity index (χ3n) is 3.01. The second-order valence-corrected chi connectivity index (χ2v) is 5.53. The van der Waals surface area contributed by atoms with Gasteiger partial charge in [-0.1, -0.05) is 6.07 Å². The zero-order chi connectivity index (χ0) is 11.4. The van der Waals surface area contributed by atoms with Crippen molar-refractivity contribution in [1.82, 2.24) is 4.90 Å². The number of nitrogens with zero attached hydrogens (tertiary/aromatic N) is 2. The van der Waals surface area contributed by atoms with E-state index in [1.165, 1.54) is 4.88 Å². The minimum atomic E-state index is 0.229. The van der Waals surface area contributed by atoms with Gasteiger partial charge in [0.2, 0.25) is 0 Å². The molecule has 0 bridgehead atoms. The predicted molar refractivity (Wildman–Crippen MR) is 66.2 cm³/mol. The Hall–Kier alpha value is -0.890. The predicted octanol–water partition coefficient (Wildman–Crippen LogP) is 1.46. The first-order valence-electron chi connectivity index (χ1n) is 5.65. The van der Waals surface area contributed by atoms with Crippen molar-refractivity contribution in [3.63, 3.8) is 0 Å². The van der Waals surface area contributed by atoms with Gasteiger partial charge < -0.3 is 5.73 Å². The molecule has 0 radical (unpaired) electrons. The van der Waals surface area contributed by atoms with Gasteiger partial charge in [-0.2, -0.15) is 5.26 Å². The van der Waals surface area contributed by atoms with Crippen LogP contribution in [0.3, 0.4) is 0 Å². The van der Waals surface area contributed by atoms with Gasteiger partial charge in [0, 0.05) is 24.0 Å². The maximum absolute atomic E-state index is 8.72. The smallest absolute Gasteiger partial charge is 0.0866 e. The van der Waals surface area contributed by atoms with Gasteiger partial charge in [0.15, 0.2) is 0 Å². The van der Waals surface area contributed by atoms with Gasteiger partial charge >= 0.3 is 0 Å². The zero-order valence-corrected chi connectivity index (χ0v) is 10.1. The highest BCUT2D eigenvalue weighted by Gasteiger charge is 2.24. The Labute approximate surface area is 100 Å². The lowest BCUT2D eigenvalue weighted by molar-refractivity contribution is 0.173. The molecule has 0 spiro atoms. The van der Waals surface area contributed by atoms with E-state index in [1.54, 1.807) is 0 Å². The molecule has 2 atom stereocenters. The van der Waals surface area contributed by atoms with Crippen molar-refractivity contribution in [1.29, 1.82) is 5.26 Å². The van der Waals surface area contributed by atoms with Gasteiger partial charge in [0.25, 0.3) is 0 Å². The van der Waals surface area contributed by atoms with Crippen LogP contribution in [-0.2, 0) is 6.42 Å². The number of likely N-dealkylation sites (tertiary alicyclic amines) is 1. The summed E-state index contributed by atoms with van der Waals surface area (Å²) in [7, 11) is 0. The van der Waals surface area contributed by atoms with E-state index in [9.17, 15) is 0 Å². The summed E-state index contributed by atoms with van der Waals surface area (Å²) in [5.41, 5.74) is 6.03. The average molecular weight is 235 g/mol. The maximum atomic E-state index is 8.72. The van der Waals surface area contributed by atoms with Crippen LogP contribution in [0.4, 0.5) is 0 Å². The van der Waals surface area contributed by atoms with Crippen molar-refractivity contribution in [2.24, 2.45) is 11.7 Å². The molecule has 2 rings (SSSR count). The first-order chi connectivity index (χ1) is 7.78. The fraction of sp³-hybridized carbons (Fsp3) is 0.583.